The summed E-state index contributed by atoms with van der Waals surface area (Å²) in [4.78, 5) is 25.2. The number of carbonyl (C=O) groups is 2. The van der Waals surface area contributed by atoms with E-state index in [1.807, 2.05) is 51.1 Å². The van der Waals surface area contributed by atoms with Gasteiger partial charge in [0.05, 0.1) is 11.4 Å². The van der Waals surface area contributed by atoms with Crippen LogP contribution in [0.5, 0.6) is 5.75 Å². The van der Waals surface area contributed by atoms with E-state index in [1.54, 1.807) is 12.3 Å². The van der Waals surface area contributed by atoms with Gasteiger partial charge in [0.2, 0.25) is 5.91 Å². The van der Waals surface area contributed by atoms with Gasteiger partial charge >= 0.3 is 5.97 Å². The third-order valence-corrected chi connectivity index (χ3v) is 6.09. The van der Waals surface area contributed by atoms with Gasteiger partial charge in [-0.15, -0.1) is 0 Å². The lowest BCUT2D eigenvalue weighted by Gasteiger charge is -2.41. The van der Waals surface area contributed by atoms with E-state index in [2.05, 4.69) is 0 Å². The van der Waals surface area contributed by atoms with Gasteiger partial charge < -0.3 is 14.7 Å². The van der Waals surface area contributed by atoms with Crippen LogP contribution in [0.2, 0.25) is 5.02 Å². The van der Waals surface area contributed by atoms with Crippen LogP contribution in [0.25, 0.3) is 0 Å². The molecule has 0 bridgehead atoms. The summed E-state index contributed by atoms with van der Waals surface area (Å²) < 4.78 is 20.7. The highest BCUT2D eigenvalue weighted by atomic mass is 35.5. The van der Waals surface area contributed by atoms with Crippen LogP contribution in [-0.2, 0) is 21.6 Å². The average Bonchev–Trinajstić information content (AvgIpc) is 2.72. The second kappa shape index (κ2) is 9.74. The number of rotatable bonds is 8. The summed E-state index contributed by atoms with van der Waals surface area (Å²) in [5.74, 6) is -1.74. The molecular formula is C25H27ClFNO4. The van der Waals surface area contributed by atoms with Gasteiger partial charge in [-0.05, 0) is 34.8 Å². The number of carboxylic acid groups (broad SMARTS) is 1. The minimum atomic E-state index is -0.967. The largest absolute Gasteiger partial charge is 0.484 e. The number of amides is 1. The molecule has 2 aromatic carbocycles. The number of carboxylic acids is 1. The lowest BCUT2D eigenvalue weighted by molar-refractivity contribution is -0.138. The van der Waals surface area contributed by atoms with Crippen molar-refractivity contribution >= 4 is 23.5 Å². The van der Waals surface area contributed by atoms with Crippen LogP contribution < -0.4 is 4.74 Å². The molecule has 7 heteroatoms. The Kier molecular flexibility index (Phi) is 7.24. The van der Waals surface area contributed by atoms with E-state index in [1.165, 1.54) is 11.0 Å². The second-order valence-electron chi connectivity index (χ2n) is 8.52. The lowest BCUT2D eigenvalue weighted by Crippen LogP contribution is -2.42. The third kappa shape index (κ3) is 5.13. The van der Waals surface area contributed by atoms with Crippen LogP contribution in [0.1, 0.15) is 44.7 Å². The molecule has 5 nitrogen and oxygen atoms in total. The maximum Gasteiger partial charge on any atom is 0.305 e. The molecule has 1 heterocycles. The van der Waals surface area contributed by atoms with Gasteiger partial charge in [0.25, 0.3) is 0 Å². The zero-order chi connectivity index (χ0) is 23.5. The van der Waals surface area contributed by atoms with Crippen LogP contribution in [0.3, 0.4) is 0 Å². The molecule has 0 fully saturated rings. The van der Waals surface area contributed by atoms with E-state index in [0.717, 1.165) is 11.1 Å². The number of benzene rings is 2. The molecule has 0 aromatic heterocycles. The predicted octanol–water partition coefficient (Wildman–Crippen LogP) is 5.56. The molecular weight excluding hydrogens is 433 g/mol. The molecule has 170 valence electrons. The molecule has 0 spiro atoms. The summed E-state index contributed by atoms with van der Waals surface area (Å²) in [6.07, 6.45) is 1.67. The van der Waals surface area contributed by atoms with Gasteiger partial charge in [-0.25, -0.2) is 4.39 Å². The van der Waals surface area contributed by atoms with E-state index in [4.69, 9.17) is 21.4 Å². The van der Waals surface area contributed by atoms with Crippen molar-refractivity contribution in [3.63, 3.8) is 0 Å². The Bertz CT molecular complexity index is 1010. The van der Waals surface area contributed by atoms with Gasteiger partial charge in [-0.1, -0.05) is 62.7 Å². The standard InChI is InChI=1S/C25H27ClFNO4/c1-16(2)19-14-28(10-9-23(30)31)22(29)13-25(19,3)18-11-20(26)24(21(27)12-18)32-15-17-7-5-4-6-8-17/h4-8,11-12,14,16H,9-10,13,15H2,1-3H3,(H,30,31)/t25-/m0/s1. The highest BCUT2D eigenvalue weighted by Gasteiger charge is 2.41. The predicted molar refractivity (Wildman–Crippen MR) is 121 cm³/mol. The first-order chi connectivity index (χ1) is 15.1. The molecule has 0 aliphatic carbocycles. The van der Waals surface area contributed by atoms with Crippen LogP contribution in [0.4, 0.5) is 4.39 Å². The Labute approximate surface area is 192 Å². The first-order valence-corrected chi connectivity index (χ1v) is 10.9. The SMILES string of the molecule is CC(C)C1=CN(CCC(=O)O)C(=O)C[C@@]1(C)c1cc(F)c(OCc2ccccc2)c(Cl)c1. The molecule has 3 rings (SSSR count). The molecule has 0 saturated carbocycles. The van der Waals surface area contributed by atoms with E-state index in [0.29, 0.717) is 5.56 Å². The number of aliphatic carboxylic acids is 1. The van der Waals surface area contributed by atoms with Crippen LogP contribution >= 0.6 is 11.6 Å². The van der Waals surface area contributed by atoms with Gasteiger partial charge in [-0.2, -0.15) is 0 Å². The van der Waals surface area contributed by atoms with E-state index >= 15 is 4.39 Å². The van der Waals surface area contributed by atoms with Crippen molar-refractivity contribution in [1.29, 1.82) is 0 Å². The summed E-state index contributed by atoms with van der Waals surface area (Å²) >= 11 is 6.41. The number of hydrogen-bond acceptors (Lipinski definition) is 3. The summed E-state index contributed by atoms with van der Waals surface area (Å²) in [5.41, 5.74) is 1.62. The Morgan fingerprint density at radius 3 is 2.56 bits per heavy atom. The number of carbonyl (C=O) groups excluding carboxylic acids is 1. The van der Waals surface area contributed by atoms with Crippen molar-refractivity contribution < 1.29 is 23.8 Å². The number of ether oxygens (including phenoxy) is 1. The highest BCUT2D eigenvalue weighted by Crippen LogP contribution is 2.45. The van der Waals surface area contributed by atoms with Crippen molar-refractivity contribution in [3.05, 3.63) is 76.2 Å². The number of halogens is 2. The van der Waals surface area contributed by atoms with E-state index in [9.17, 15) is 9.59 Å². The second-order valence-corrected chi connectivity index (χ2v) is 8.93. The summed E-state index contributed by atoms with van der Waals surface area (Å²) in [7, 11) is 0. The minimum Gasteiger partial charge on any atom is -0.484 e. The third-order valence-electron chi connectivity index (χ3n) is 5.81. The van der Waals surface area contributed by atoms with Crippen molar-refractivity contribution in [3.8, 4) is 5.75 Å². The van der Waals surface area contributed by atoms with Crippen molar-refractivity contribution in [1.82, 2.24) is 4.90 Å². The fourth-order valence-electron chi connectivity index (χ4n) is 4.09. The summed E-state index contributed by atoms with van der Waals surface area (Å²) in [6, 6.07) is 12.4. The van der Waals surface area contributed by atoms with Crippen LogP contribution in [-0.4, -0.2) is 28.4 Å². The molecule has 0 radical (unpaired) electrons. The number of allylic oxidation sites excluding steroid dienone is 1. The molecule has 1 atom stereocenters. The van der Waals surface area contributed by atoms with Crippen molar-refractivity contribution in [2.75, 3.05) is 6.54 Å². The fraction of sp³-hybridized carbons (Fsp3) is 0.360. The molecule has 0 saturated heterocycles. The number of hydrogen-bond donors (Lipinski definition) is 1. The van der Waals surface area contributed by atoms with Crippen molar-refractivity contribution in [2.24, 2.45) is 5.92 Å². The van der Waals surface area contributed by atoms with Gasteiger partial charge in [0.15, 0.2) is 11.6 Å². The molecule has 32 heavy (non-hydrogen) atoms. The normalized spacial score (nSPS) is 18.6. The van der Waals surface area contributed by atoms with E-state index < -0.39 is 17.2 Å². The maximum atomic E-state index is 15.1. The van der Waals surface area contributed by atoms with Gasteiger partial charge in [0.1, 0.15) is 6.61 Å². The molecule has 1 N–H and O–H groups in total. The Hall–Kier alpha value is -2.86. The van der Waals surface area contributed by atoms with Gasteiger partial charge in [-0.3, -0.25) is 9.59 Å². The zero-order valence-electron chi connectivity index (χ0n) is 18.4. The van der Waals surface area contributed by atoms with Crippen LogP contribution in [0, 0.1) is 11.7 Å². The average molecular weight is 460 g/mol. The lowest BCUT2D eigenvalue weighted by atomic mass is 9.68. The zero-order valence-corrected chi connectivity index (χ0v) is 19.2. The first-order valence-electron chi connectivity index (χ1n) is 10.5. The minimum absolute atomic E-state index is 0.0248. The summed E-state index contributed by atoms with van der Waals surface area (Å²) in [5, 5.41) is 9.10. The molecule has 2 aromatic rings. The Balaban J connectivity index is 1.92. The quantitative estimate of drug-likeness (QED) is 0.561. The highest BCUT2D eigenvalue weighted by molar-refractivity contribution is 6.32. The molecule has 1 aliphatic heterocycles. The first kappa shape index (κ1) is 23.8. The van der Waals surface area contributed by atoms with E-state index in [-0.39, 0.29) is 48.6 Å². The smallest absolute Gasteiger partial charge is 0.305 e. The van der Waals surface area contributed by atoms with Crippen LogP contribution in [0.15, 0.2) is 54.2 Å². The monoisotopic (exact) mass is 459 g/mol. The maximum absolute atomic E-state index is 15.1. The Morgan fingerprint density at radius 1 is 1.28 bits per heavy atom. The van der Waals surface area contributed by atoms with Gasteiger partial charge in [0, 0.05) is 24.6 Å². The van der Waals surface area contributed by atoms with Crippen molar-refractivity contribution in [2.45, 2.75) is 45.6 Å². The Morgan fingerprint density at radius 2 is 1.97 bits per heavy atom. The summed E-state index contributed by atoms with van der Waals surface area (Å²) in [6.45, 7) is 6.15. The number of nitrogens with zero attached hydrogens (tertiary/aromatic N) is 1. The molecule has 1 amide bonds. The fourth-order valence-corrected chi connectivity index (χ4v) is 4.36. The topological polar surface area (TPSA) is 66.8 Å². The molecule has 0 unspecified atom stereocenters. The molecule has 1 aliphatic rings.